The molecule has 2 heterocycles. The van der Waals surface area contributed by atoms with E-state index in [0.717, 1.165) is 16.3 Å². The van der Waals surface area contributed by atoms with Crippen LogP contribution < -0.4 is 5.32 Å². The number of aromatic nitrogens is 1. The number of allylic oxidation sites excluding steroid dienone is 1. The molecule has 0 saturated carbocycles. The molecule has 0 aliphatic rings. The topological polar surface area (TPSA) is 77.4 Å². The fourth-order valence-corrected chi connectivity index (χ4v) is 3.35. The number of rotatable bonds is 8. The van der Waals surface area contributed by atoms with Gasteiger partial charge in [0.05, 0.1) is 4.88 Å². The van der Waals surface area contributed by atoms with Gasteiger partial charge >= 0.3 is 5.97 Å². The highest BCUT2D eigenvalue weighted by atomic mass is 32.1. The van der Waals surface area contributed by atoms with Gasteiger partial charge < -0.3 is 14.6 Å². The van der Waals surface area contributed by atoms with Gasteiger partial charge in [0.2, 0.25) is 5.78 Å². The van der Waals surface area contributed by atoms with Crippen LogP contribution in [-0.4, -0.2) is 35.4 Å². The first-order chi connectivity index (χ1) is 12.3. The summed E-state index contributed by atoms with van der Waals surface area (Å²) < 4.78 is 6.95. The van der Waals surface area contributed by atoms with Crippen LogP contribution in [0.4, 0.5) is 0 Å². The lowest BCUT2D eigenvalue weighted by atomic mass is 10.1. The molecule has 0 atom stereocenters. The number of ether oxygens (including phenoxy) is 1. The zero-order valence-corrected chi connectivity index (χ0v) is 15.9. The highest BCUT2D eigenvalue weighted by molar-refractivity contribution is 7.13. The summed E-state index contributed by atoms with van der Waals surface area (Å²) in [6.45, 7) is 9.32. The van der Waals surface area contributed by atoms with Crippen LogP contribution in [0.1, 0.15) is 36.3 Å². The van der Waals surface area contributed by atoms with Crippen LogP contribution in [-0.2, 0) is 16.1 Å². The lowest BCUT2D eigenvalue weighted by molar-refractivity contribution is -0.141. The van der Waals surface area contributed by atoms with Gasteiger partial charge in [0.1, 0.15) is 6.54 Å². The van der Waals surface area contributed by atoms with Crippen LogP contribution in [0.3, 0.4) is 0 Å². The zero-order chi connectivity index (χ0) is 19.3. The van der Waals surface area contributed by atoms with E-state index in [1.54, 1.807) is 18.2 Å². The molecule has 0 radical (unpaired) electrons. The minimum absolute atomic E-state index is 0.276. The lowest BCUT2D eigenvalue weighted by Crippen LogP contribution is -2.31. The molecule has 0 fully saturated rings. The van der Waals surface area contributed by atoms with Crippen LogP contribution in [0, 0.1) is 20.8 Å². The second-order valence-corrected chi connectivity index (χ2v) is 7.15. The average molecular weight is 374 g/mol. The third kappa shape index (κ3) is 4.70. The number of hydrogen-bond acceptors (Lipinski definition) is 5. The lowest BCUT2D eigenvalue weighted by Gasteiger charge is -2.07. The van der Waals surface area contributed by atoms with Crippen LogP contribution >= 0.6 is 11.3 Å². The van der Waals surface area contributed by atoms with Crippen LogP contribution in [0.2, 0.25) is 0 Å². The fourth-order valence-electron chi connectivity index (χ4n) is 2.56. The SMILES string of the molecule is C=CCn1c(C)cc(C(=O)COC(=O)CNC(=O)c2ccc(C)s2)c1C. The second-order valence-electron chi connectivity index (χ2n) is 5.86. The van der Waals surface area contributed by atoms with Crippen molar-refractivity contribution in [1.82, 2.24) is 9.88 Å². The third-order valence-corrected chi connectivity index (χ3v) is 4.91. The van der Waals surface area contributed by atoms with Crippen molar-refractivity contribution >= 4 is 29.0 Å². The van der Waals surface area contributed by atoms with Gasteiger partial charge in [-0.05, 0) is 39.0 Å². The van der Waals surface area contributed by atoms with Crippen LogP contribution in [0.15, 0.2) is 30.9 Å². The first-order valence-electron chi connectivity index (χ1n) is 8.14. The summed E-state index contributed by atoms with van der Waals surface area (Å²) >= 11 is 1.34. The number of thiophene rings is 1. The number of Topliss-reactive ketones (excluding diaryl/α,β-unsaturated/α-hetero) is 1. The van der Waals surface area contributed by atoms with Crippen molar-refractivity contribution in [2.24, 2.45) is 0 Å². The summed E-state index contributed by atoms with van der Waals surface area (Å²) in [5, 5.41) is 2.49. The van der Waals surface area contributed by atoms with Gasteiger partial charge in [-0.2, -0.15) is 0 Å². The Morgan fingerprint density at radius 3 is 2.62 bits per heavy atom. The molecule has 7 heteroatoms. The molecule has 2 rings (SSSR count). The van der Waals surface area contributed by atoms with Gasteiger partial charge in [-0.15, -0.1) is 17.9 Å². The van der Waals surface area contributed by atoms with E-state index in [9.17, 15) is 14.4 Å². The standard InChI is InChI=1S/C19H22N2O4S/c1-5-8-21-12(2)9-15(14(21)4)16(22)11-25-18(23)10-20-19(24)17-7-6-13(3)26-17/h5-7,9H,1,8,10-11H2,2-4H3,(H,20,24). The molecule has 6 nitrogen and oxygen atoms in total. The maximum Gasteiger partial charge on any atom is 0.325 e. The summed E-state index contributed by atoms with van der Waals surface area (Å²) in [6.07, 6.45) is 1.76. The van der Waals surface area contributed by atoms with E-state index in [1.165, 1.54) is 11.3 Å². The molecule has 0 aliphatic heterocycles. The molecule has 2 aromatic heterocycles. The average Bonchev–Trinajstić information content (AvgIpc) is 3.16. The number of carbonyl (C=O) groups is 3. The molecule has 0 bridgehead atoms. The maximum absolute atomic E-state index is 12.3. The second kappa shape index (κ2) is 8.62. The molecule has 26 heavy (non-hydrogen) atoms. The number of ketones is 1. The minimum Gasteiger partial charge on any atom is -0.456 e. The highest BCUT2D eigenvalue weighted by Gasteiger charge is 2.17. The van der Waals surface area contributed by atoms with E-state index in [4.69, 9.17) is 4.74 Å². The van der Waals surface area contributed by atoms with Gasteiger partial charge in [-0.1, -0.05) is 6.08 Å². The molecular formula is C19H22N2O4S. The van der Waals surface area contributed by atoms with Crippen molar-refractivity contribution in [3.8, 4) is 0 Å². The van der Waals surface area contributed by atoms with E-state index < -0.39 is 5.97 Å². The largest absolute Gasteiger partial charge is 0.456 e. The Kier molecular flexibility index (Phi) is 6.52. The Morgan fingerprint density at radius 1 is 1.27 bits per heavy atom. The molecule has 0 spiro atoms. The summed E-state index contributed by atoms with van der Waals surface area (Å²) in [4.78, 5) is 37.5. The number of carbonyl (C=O) groups excluding carboxylic acids is 3. The molecule has 0 aliphatic carbocycles. The van der Waals surface area contributed by atoms with E-state index in [1.807, 2.05) is 31.4 Å². The summed E-state index contributed by atoms with van der Waals surface area (Å²) in [7, 11) is 0. The molecule has 0 unspecified atom stereocenters. The maximum atomic E-state index is 12.3. The predicted octanol–water partition coefficient (Wildman–Crippen LogP) is 2.82. The van der Waals surface area contributed by atoms with Gasteiger partial charge in [0, 0.05) is 28.4 Å². The van der Waals surface area contributed by atoms with Gasteiger partial charge in [0.15, 0.2) is 6.61 Å². The number of aryl methyl sites for hydroxylation is 2. The molecule has 138 valence electrons. The van der Waals surface area contributed by atoms with Crippen molar-refractivity contribution in [2.75, 3.05) is 13.2 Å². The van der Waals surface area contributed by atoms with Crippen molar-refractivity contribution < 1.29 is 19.1 Å². The van der Waals surface area contributed by atoms with E-state index in [2.05, 4.69) is 11.9 Å². The Balaban J connectivity index is 1.85. The van der Waals surface area contributed by atoms with Gasteiger partial charge in [-0.25, -0.2) is 0 Å². The first kappa shape index (κ1) is 19.7. The third-order valence-electron chi connectivity index (χ3n) is 3.91. The summed E-state index contributed by atoms with van der Waals surface area (Å²) in [5.74, 6) is -1.26. The number of nitrogens with one attached hydrogen (secondary N) is 1. The summed E-state index contributed by atoms with van der Waals surface area (Å²) in [5.41, 5.74) is 2.27. The van der Waals surface area contributed by atoms with Crippen molar-refractivity contribution in [3.05, 3.63) is 57.6 Å². The highest BCUT2D eigenvalue weighted by Crippen LogP contribution is 2.16. The van der Waals surface area contributed by atoms with E-state index in [0.29, 0.717) is 17.0 Å². The molecule has 2 aromatic rings. The van der Waals surface area contributed by atoms with Crippen LogP contribution in [0.25, 0.3) is 0 Å². The first-order valence-corrected chi connectivity index (χ1v) is 8.96. The van der Waals surface area contributed by atoms with Gasteiger partial charge in [0.25, 0.3) is 5.91 Å². The Hall–Kier alpha value is -2.67. The normalized spacial score (nSPS) is 10.4. The van der Waals surface area contributed by atoms with Crippen LogP contribution in [0.5, 0.6) is 0 Å². The molecule has 0 saturated heterocycles. The quantitative estimate of drug-likeness (QED) is 0.438. The predicted molar refractivity (Wildman–Crippen MR) is 101 cm³/mol. The number of amides is 1. The number of nitrogens with zero attached hydrogens (tertiary/aromatic N) is 1. The molecule has 1 N–H and O–H groups in total. The van der Waals surface area contributed by atoms with Crippen molar-refractivity contribution in [3.63, 3.8) is 0 Å². The smallest absolute Gasteiger partial charge is 0.325 e. The molecule has 0 aromatic carbocycles. The monoisotopic (exact) mass is 374 g/mol. The number of esters is 1. The molecular weight excluding hydrogens is 352 g/mol. The minimum atomic E-state index is -0.653. The Labute approximate surface area is 156 Å². The molecule has 1 amide bonds. The van der Waals surface area contributed by atoms with Gasteiger partial charge in [-0.3, -0.25) is 14.4 Å². The van der Waals surface area contributed by atoms with Crippen molar-refractivity contribution in [1.29, 1.82) is 0 Å². The van der Waals surface area contributed by atoms with E-state index in [-0.39, 0.29) is 24.8 Å². The number of hydrogen-bond donors (Lipinski definition) is 1. The zero-order valence-electron chi connectivity index (χ0n) is 15.1. The van der Waals surface area contributed by atoms with Crippen molar-refractivity contribution in [2.45, 2.75) is 27.3 Å². The fraction of sp³-hybridized carbons (Fsp3) is 0.316. The van der Waals surface area contributed by atoms with E-state index >= 15 is 0 Å². The Bertz CT molecular complexity index is 848. The Morgan fingerprint density at radius 2 is 2.00 bits per heavy atom. The summed E-state index contributed by atoms with van der Waals surface area (Å²) in [6, 6.07) is 5.30.